The van der Waals surface area contributed by atoms with Crippen molar-refractivity contribution in [3.05, 3.63) is 71.5 Å². The second kappa shape index (κ2) is 9.46. The molecule has 1 heterocycles. The molecule has 34 heavy (non-hydrogen) atoms. The van der Waals surface area contributed by atoms with Gasteiger partial charge in [0.2, 0.25) is 0 Å². The van der Waals surface area contributed by atoms with Crippen LogP contribution in [0.1, 0.15) is 40.4 Å². The molecule has 1 aliphatic carbocycles. The molecule has 1 aliphatic rings. The maximum Gasteiger partial charge on any atom is 0.416 e. The Kier molecular flexibility index (Phi) is 6.44. The number of carbonyl (C=O) groups is 2. The number of halogens is 3. The highest BCUT2D eigenvalue weighted by Crippen LogP contribution is 2.42. The molecule has 4 rings (SSSR count). The number of hydrazine groups is 1. The Bertz CT molecular complexity index is 1200. The van der Waals surface area contributed by atoms with Crippen LogP contribution in [-0.2, 0) is 11.0 Å². The van der Waals surface area contributed by atoms with E-state index in [1.54, 1.807) is 24.3 Å². The molecule has 1 aromatic heterocycles. The lowest BCUT2D eigenvalue weighted by Gasteiger charge is -2.13. The number of alkyl halides is 3. The molecule has 2 aromatic carbocycles. The molecule has 178 valence electrons. The van der Waals surface area contributed by atoms with Gasteiger partial charge in [-0.2, -0.15) is 18.3 Å². The van der Waals surface area contributed by atoms with Gasteiger partial charge in [0.15, 0.2) is 0 Å². The van der Waals surface area contributed by atoms with E-state index in [2.05, 4.69) is 21.3 Å². The number of nitrogens with one attached hydrogen (secondary N) is 3. The third-order valence-electron chi connectivity index (χ3n) is 5.29. The molecule has 8 nitrogen and oxygen atoms in total. The summed E-state index contributed by atoms with van der Waals surface area (Å²) in [5.41, 5.74) is 5.40. The summed E-state index contributed by atoms with van der Waals surface area (Å²) in [5.74, 6) is -0.542. The summed E-state index contributed by atoms with van der Waals surface area (Å²) >= 11 is 0. The highest BCUT2D eigenvalue weighted by atomic mass is 19.4. The number of ether oxygens (including phenoxy) is 1. The van der Waals surface area contributed by atoms with Gasteiger partial charge < -0.3 is 10.1 Å². The van der Waals surface area contributed by atoms with Crippen molar-refractivity contribution in [3.8, 4) is 11.4 Å². The molecule has 0 unspecified atom stereocenters. The molecule has 3 aromatic rings. The fraction of sp³-hybridized carbons (Fsp3) is 0.261. The summed E-state index contributed by atoms with van der Waals surface area (Å²) in [7, 11) is 1.51. The number of benzene rings is 2. The van der Waals surface area contributed by atoms with Crippen molar-refractivity contribution in [1.82, 2.24) is 20.6 Å². The van der Waals surface area contributed by atoms with Crippen LogP contribution < -0.4 is 20.9 Å². The lowest BCUT2D eigenvalue weighted by Crippen LogP contribution is -2.44. The minimum atomic E-state index is -4.49. The van der Waals surface area contributed by atoms with Gasteiger partial charge in [-0.05, 0) is 43.2 Å². The summed E-state index contributed by atoms with van der Waals surface area (Å²) in [5, 5.41) is 7.08. The van der Waals surface area contributed by atoms with Crippen molar-refractivity contribution in [2.24, 2.45) is 0 Å². The fourth-order valence-corrected chi connectivity index (χ4v) is 3.51. The standard InChI is InChI=1S/C23H22F3N5O3/c1-34-19-8-3-2-7-18(19)27-13-20(32)29-30-22(33)17-12-28-31(21(17)14-9-10-14)16-6-4-5-15(11-16)23(24,25)26/h2-8,11-12,14,27H,9-10,13H2,1H3,(H,29,32)(H,30,33). The van der Waals surface area contributed by atoms with Crippen LogP contribution in [0.4, 0.5) is 18.9 Å². The Morgan fingerprint density at radius 1 is 1.12 bits per heavy atom. The average molecular weight is 473 g/mol. The van der Waals surface area contributed by atoms with Crippen LogP contribution in [0, 0.1) is 0 Å². The average Bonchev–Trinajstić information content (AvgIpc) is 3.58. The van der Waals surface area contributed by atoms with Crippen molar-refractivity contribution >= 4 is 17.5 Å². The number of hydrogen-bond acceptors (Lipinski definition) is 5. The Labute approximate surface area is 193 Å². The molecule has 0 saturated heterocycles. The van der Waals surface area contributed by atoms with Gasteiger partial charge in [0.05, 0.1) is 48.0 Å². The van der Waals surface area contributed by atoms with Gasteiger partial charge in [-0.1, -0.05) is 18.2 Å². The van der Waals surface area contributed by atoms with E-state index in [9.17, 15) is 22.8 Å². The topological polar surface area (TPSA) is 97.3 Å². The first kappa shape index (κ1) is 23.1. The van der Waals surface area contributed by atoms with Crippen LogP contribution in [-0.4, -0.2) is 35.2 Å². The summed E-state index contributed by atoms with van der Waals surface area (Å²) in [4.78, 5) is 24.9. The SMILES string of the molecule is COc1ccccc1NCC(=O)NNC(=O)c1cnn(-c2cccc(C(F)(F)F)c2)c1C1CC1. The lowest BCUT2D eigenvalue weighted by atomic mass is 10.1. The van der Waals surface area contributed by atoms with Crippen molar-refractivity contribution < 1.29 is 27.5 Å². The van der Waals surface area contributed by atoms with E-state index in [4.69, 9.17) is 4.74 Å². The fourth-order valence-electron chi connectivity index (χ4n) is 3.51. The zero-order valence-electron chi connectivity index (χ0n) is 18.1. The maximum atomic E-state index is 13.1. The van der Waals surface area contributed by atoms with E-state index in [0.29, 0.717) is 17.1 Å². The predicted molar refractivity (Wildman–Crippen MR) is 118 cm³/mol. The Morgan fingerprint density at radius 3 is 2.59 bits per heavy atom. The molecule has 1 fully saturated rings. The number of hydrogen-bond donors (Lipinski definition) is 3. The summed E-state index contributed by atoms with van der Waals surface area (Å²) in [6.07, 6.45) is -1.62. The second-order valence-electron chi connectivity index (χ2n) is 7.73. The molecule has 0 spiro atoms. The van der Waals surface area contributed by atoms with Crippen LogP contribution >= 0.6 is 0 Å². The molecular formula is C23H22F3N5O3. The van der Waals surface area contributed by atoms with Crippen molar-refractivity contribution in [2.75, 3.05) is 19.0 Å². The lowest BCUT2D eigenvalue weighted by molar-refractivity contribution is -0.137. The molecule has 2 amide bonds. The van der Waals surface area contributed by atoms with Crippen molar-refractivity contribution in [3.63, 3.8) is 0 Å². The third kappa shape index (κ3) is 5.13. The van der Waals surface area contributed by atoms with E-state index in [1.807, 2.05) is 0 Å². The number of amides is 2. The zero-order valence-corrected chi connectivity index (χ0v) is 18.1. The number of rotatable bonds is 7. The molecular weight excluding hydrogens is 451 g/mol. The largest absolute Gasteiger partial charge is 0.495 e. The van der Waals surface area contributed by atoms with E-state index in [-0.39, 0.29) is 23.7 Å². The van der Waals surface area contributed by atoms with E-state index in [0.717, 1.165) is 25.0 Å². The highest BCUT2D eigenvalue weighted by molar-refractivity contribution is 5.97. The van der Waals surface area contributed by atoms with Crippen molar-refractivity contribution in [2.45, 2.75) is 24.9 Å². The summed E-state index contributed by atoms with van der Waals surface area (Å²) in [6.45, 7) is -0.125. The van der Waals surface area contributed by atoms with Crippen LogP contribution in [0.3, 0.4) is 0 Å². The van der Waals surface area contributed by atoms with Gasteiger partial charge in [-0.25, -0.2) is 4.68 Å². The molecule has 0 aliphatic heterocycles. The smallest absolute Gasteiger partial charge is 0.416 e. The Hall–Kier alpha value is -4.02. The summed E-state index contributed by atoms with van der Waals surface area (Å²) in [6, 6.07) is 11.8. The number of para-hydroxylation sites is 2. The van der Waals surface area contributed by atoms with Crippen LogP contribution in [0.2, 0.25) is 0 Å². The van der Waals surface area contributed by atoms with Crippen LogP contribution in [0.25, 0.3) is 5.69 Å². The normalized spacial score (nSPS) is 13.3. The van der Waals surface area contributed by atoms with E-state index < -0.39 is 23.6 Å². The molecule has 11 heteroatoms. The number of methoxy groups -OCH3 is 1. The molecule has 1 saturated carbocycles. The van der Waals surface area contributed by atoms with Gasteiger partial charge in [0.1, 0.15) is 5.75 Å². The van der Waals surface area contributed by atoms with Crippen LogP contribution in [0.15, 0.2) is 54.7 Å². The number of carbonyl (C=O) groups excluding carboxylic acids is 2. The first-order chi connectivity index (χ1) is 16.3. The number of nitrogens with zero attached hydrogens (tertiary/aromatic N) is 2. The Balaban J connectivity index is 1.44. The van der Waals surface area contributed by atoms with Gasteiger partial charge in [0, 0.05) is 5.92 Å². The predicted octanol–water partition coefficient (Wildman–Crippen LogP) is 3.65. The van der Waals surface area contributed by atoms with Crippen molar-refractivity contribution in [1.29, 1.82) is 0 Å². The second-order valence-corrected chi connectivity index (χ2v) is 7.73. The molecule has 0 radical (unpaired) electrons. The first-order valence-corrected chi connectivity index (χ1v) is 10.5. The number of aromatic nitrogens is 2. The highest BCUT2D eigenvalue weighted by Gasteiger charge is 2.34. The molecule has 0 atom stereocenters. The zero-order chi connectivity index (χ0) is 24.3. The number of anilines is 1. The van der Waals surface area contributed by atoms with Gasteiger partial charge in [-0.3, -0.25) is 20.4 Å². The third-order valence-corrected chi connectivity index (χ3v) is 5.29. The minimum Gasteiger partial charge on any atom is -0.495 e. The maximum absolute atomic E-state index is 13.1. The van der Waals surface area contributed by atoms with Gasteiger partial charge in [0.25, 0.3) is 11.8 Å². The molecule has 0 bridgehead atoms. The monoisotopic (exact) mass is 473 g/mol. The summed E-state index contributed by atoms with van der Waals surface area (Å²) < 4.78 is 46.0. The minimum absolute atomic E-state index is 0.000654. The van der Waals surface area contributed by atoms with Gasteiger partial charge in [-0.15, -0.1) is 0 Å². The van der Waals surface area contributed by atoms with E-state index in [1.165, 1.54) is 30.1 Å². The Morgan fingerprint density at radius 2 is 1.88 bits per heavy atom. The van der Waals surface area contributed by atoms with Crippen LogP contribution in [0.5, 0.6) is 5.75 Å². The quantitative estimate of drug-likeness (QED) is 0.455. The van der Waals surface area contributed by atoms with E-state index >= 15 is 0 Å². The van der Waals surface area contributed by atoms with Gasteiger partial charge >= 0.3 is 6.18 Å². The first-order valence-electron chi connectivity index (χ1n) is 10.5. The molecule has 3 N–H and O–H groups in total.